The van der Waals surface area contributed by atoms with Gasteiger partial charge >= 0.3 is 0 Å². The minimum absolute atomic E-state index is 0.424. The molecule has 0 bridgehead atoms. The van der Waals surface area contributed by atoms with Gasteiger partial charge in [0.2, 0.25) is 0 Å². The summed E-state index contributed by atoms with van der Waals surface area (Å²) in [6.07, 6.45) is 1.75. The summed E-state index contributed by atoms with van der Waals surface area (Å²) in [4.78, 5) is 0. The Morgan fingerprint density at radius 3 is 1.38 bits per heavy atom. The average Bonchev–Trinajstić information content (AvgIpc) is 2.37. The molecule has 1 aliphatic heterocycles. The predicted molar refractivity (Wildman–Crippen MR) is 52.5 cm³/mol. The lowest BCUT2D eigenvalue weighted by Gasteiger charge is -1.81. The van der Waals surface area contributed by atoms with E-state index in [1.54, 1.807) is 0 Å². The van der Waals surface area contributed by atoms with Gasteiger partial charge in [-0.05, 0) is 12.8 Å². The molecule has 2 N–H and O–H groups in total. The SMILES string of the molecule is C=C.O=S(O)O.O=S1(=O)CCCC1. The first-order valence-electron chi connectivity index (χ1n) is 3.44. The molecule has 13 heavy (non-hydrogen) atoms. The van der Waals surface area contributed by atoms with Gasteiger partial charge in [0.25, 0.3) is 11.4 Å². The maximum Gasteiger partial charge on any atom is 0.299 e. The average molecular weight is 230 g/mol. The van der Waals surface area contributed by atoms with E-state index in [1.807, 2.05) is 0 Å². The standard InChI is InChI=1S/C4H8O2S.C2H4.H2O3S/c5-7(6)3-1-2-4-7;1-2;1-4(2)3/h1-4H2;1-2H2;(H2,1,2,3). The summed E-state index contributed by atoms with van der Waals surface area (Å²) in [6, 6.07) is 0. The van der Waals surface area contributed by atoms with Crippen molar-refractivity contribution in [3.8, 4) is 0 Å². The van der Waals surface area contributed by atoms with E-state index >= 15 is 0 Å². The Morgan fingerprint density at radius 2 is 1.31 bits per heavy atom. The van der Waals surface area contributed by atoms with Gasteiger partial charge in [0, 0.05) is 0 Å². The van der Waals surface area contributed by atoms with Crippen LogP contribution in [0.1, 0.15) is 12.8 Å². The highest BCUT2D eigenvalue weighted by atomic mass is 32.2. The molecule has 0 unspecified atom stereocenters. The Morgan fingerprint density at radius 1 is 1.08 bits per heavy atom. The first kappa shape index (κ1) is 15.2. The third kappa shape index (κ3) is 14.6. The minimum atomic E-state index is -2.61. The van der Waals surface area contributed by atoms with Gasteiger partial charge in [-0.25, -0.2) is 8.42 Å². The molecule has 80 valence electrons. The molecule has 1 rings (SSSR count). The largest absolute Gasteiger partial charge is 0.299 e. The number of hydrogen-bond donors (Lipinski definition) is 2. The van der Waals surface area contributed by atoms with Crippen molar-refractivity contribution in [1.29, 1.82) is 0 Å². The van der Waals surface area contributed by atoms with Crippen molar-refractivity contribution in [3.63, 3.8) is 0 Å². The van der Waals surface area contributed by atoms with Crippen LogP contribution in [0.2, 0.25) is 0 Å². The van der Waals surface area contributed by atoms with E-state index in [2.05, 4.69) is 13.2 Å². The summed E-state index contributed by atoms with van der Waals surface area (Å²) in [6.45, 7) is 6.00. The number of hydrogen-bond acceptors (Lipinski definition) is 3. The monoisotopic (exact) mass is 230 g/mol. The maximum atomic E-state index is 10.4. The Balaban J connectivity index is 0. The van der Waals surface area contributed by atoms with Gasteiger partial charge in [-0.2, -0.15) is 4.21 Å². The molecule has 0 atom stereocenters. The molecule has 1 fully saturated rings. The summed E-state index contributed by atoms with van der Waals surface area (Å²) in [7, 11) is -2.55. The second-order valence-electron chi connectivity index (χ2n) is 2.09. The van der Waals surface area contributed by atoms with Gasteiger partial charge in [0.15, 0.2) is 0 Å². The first-order chi connectivity index (χ1) is 5.94. The Hall–Kier alpha value is -0.240. The van der Waals surface area contributed by atoms with Crippen molar-refractivity contribution in [2.45, 2.75) is 12.8 Å². The van der Waals surface area contributed by atoms with Gasteiger partial charge in [-0.3, -0.25) is 9.11 Å². The molecule has 1 aliphatic rings. The topological polar surface area (TPSA) is 91.7 Å². The fourth-order valence-electron chi connectivity index (χ4n) is 0.746. The molecule has 0 aromatic carbocycles. The summed E-state index contributed by atoms with van der Waals surface area (Å²) in [5, 5.41) is 0. The molecule has 1 heterocycles. The maximum absolute atomic E-state index is 10.4. The van der Waals surface area contributed by atoms with Crippen LogP contribution in [0.5, 0.6) is 0 Å². The molecule has 0 amide bonds. The molecule has 0 spiro atoms. The van der Waals surface area contributed by atoms with Crippen LogP contribution in [0.25, 0.3) is 0 Å². The van der Waals surface area contributed by atoms with Crippen LogP contribution in [0.15, 0.2) is 13.2 Å². The number of rotatable bonds is 0. The zero-order valence-electron chi connectivity index (χ0n) is 7.18. The first-order valence-corrected chi connectivity index (χ1v) is 6.33. The molecule has 1 saturated heterocycles. The van der Waals surface area contributed by atoms with Gasteiger partial charge < -0.3 is 0 Å². The summed E-state index contributed by atoms with van der Waals surface area (Å²) in [5.41, 5.74) is 0. The summed E-state index contributed by atoms with van der Waals surface area (Å²) in [5.74, 6) is 0.847. The van der Waals surface area contributed by atoms with Crippen molar-refractivity contribution in [1.82, 2.24) is 0 Å². The van der Waals surface area contributed by atoms with Crippen molar-refractivity contribution in [3.05, 3.63) is 13.2 Å². The Kier molecular flexibility index (Phi) is 9.80. The van der Waals surface area contributed by atoms with E-state index in [0.717, 1.165) is 12.8 Å². The van der Waals surface area contributed by atoms with Crippen molar-refractivity contribution in [2.24, 2.45) is 0 Å². The van der Waals surface area contributed by atoms with Gasteiger partial charge in [0.1, 0.15) is 9.84 Å². The minimum Gasteiger partial charge on any atom is -0.284 e. The zero-order chi connectivity index (χ0) is 10.9. The van der Waals surface area contributed by atoms with Crippen LogP contribution in [-0.4, -0.2) is 33.2 Å². The second-order valence-corrected chi connectivity index (χ2v) is 4.85. The third-order valence-electron chi connectivity index (χ3n) is 1.16. The third-order valence-corrected chi connectivity index (χ3v) is 2.98. The lowest BCUT2D eigenvalue weighted by atomic mass is 10.4. The van der Waals surface area contributed by atoms with Crippen LogP contribution in [0, 0.1) is 0 Å². The molecular weight excluding hydrogens is 216 g/mol. The molecule has 0 aromatic heterocycles. The van der Waals surface area contributed by atoms with Crippen molar-refractivity contribution >= 4 is 21.2 Å². The van der Waals surface area contributed by atoms with Crippen LogP contribution < -0.4 is 0 Å². The number of sulfone groups is 1. The fourth-order valence-corrected chi connectivity index (χ4v) is 2.24. The van der Waals surface area contributed by atoms with Crippen LogP contribution in [0.4, 0.5) is 0 Å². The smallest absolute Gasteiger partial charge is 0.284 e. The van der Waals surface area contributed by atoms with E-state index in [4.69, 9.17) is 13.3 Å². The van der Waals surface area contributed by atoms with Crippen molar-refractivity contribution in [2.75, 3.05) is 11.5 Å². The van der Waals surface area contributed by atoms with Gasteiger partial charge in [0.05, 0.1) is 11.5 Å². The lowest BCUT2D eigenvalue weighted by Crippen LogP contribution is -1.98. The highest BCUT2D eigenvalue weighted by Gasteiger charge is 2.16. The zero-order valence-corrected chi connectivity index (χ0v) is 8.81. The molecular formula is C6H14O5S2. The Labute approximate surface area is 80.9 Å². The lowest BCUT2D eigenvalue weighted by molar-refractivity contribution is 0.454. The van der Waals surface area contributed by atoms with E-state index in [0.29, 0.717) is 11.5 Å². The molecule has 5 nitrogen and oxygen atoms in total. The summed E-state index contributed by atoms with van der Waals surface area (Å²) < 4.78 is 43.7. The van der Waals surface area contributed by atoms with E-state index in [-0.39, 0.29) is 0 Å². The van der Waals surface area contributed by atoms with Crippen LogP contribution in [0.3, 0.4) is 0 Å². The molecule has 0 saturated carbocycles. The van der Waals surface area contributed by atoms with Gasteiger partial charge in [-0.1, -0.05) is 0 Å². The molecule has 0 aromatic rings. The quantitative estimate of drug-likeness (QED) is 0.471. The highest BCUT2D eigenvalue weighted by Crippen LogP contribution is 2.08. The fraction of sp³-hybridized carbons (Fsp3) is 0.667. The second kappa shape index (κ2) is 8.36. The molecule has 0 aliphatic carbocycles. The van der Waals surface area contributed by atoms with Crippen molar-refractivity contribution < 1.29 is 21.7 Å². The van der Waals surface area contributed by atoms with E-state index in [1.165, 1.54) is 0 Å². The van der Waals surface area contributed by atoms with E-state index in [9.17, 15) is 8.42 Å². The van der Waals surface area contributed by atoms with Crippen LogP contribution >= 0.6 is 0 Å². The predicted octanol–water partition coefficient (Wildman–Crippen LogP) is 0.678. The normalized spacial score (nSPS) is 18.1. The van der Waals surface area contributed by atoms with E-state index < -0.39 is 21.2 Å². The van der Waals surface area contributed by atoms with Crippen LogP contribution in [-0.2, 0) is 21.2 Å². The van der Waals surface area contributed by atoms with Gasteiger partial charge in [-0.15, -0.1) is 13.2 Å². The molecule has 0 radical (unpaired) electrons. The highest BCUT2D eigenvalue weighted by molar-refractivity contribution is 7.91. The Bertz CT molecular complexity index is 217. The molecule has 7 heteroatoms. The summed E-state index contributed by atoms with van der Waals surface area (Å²) >= 11 is -2.61.